The molecular formula is C20H16Cl2N2O3. The van der Waals surface area contributed by atoms with E-state index in [0.717, 1.165) is 22.2 Å². The fraction of sp³-hybridized carbons (Fsp3) is 0.200. The number of nitrogens with one attached hydrogen (secondary N) is 1. The van der Waals surface area contributed by atoms with Crippen LogP contribution in [-0.2, 0) is 0 Å². The Morgan fingerprint density at radius 2 is 1.89 bits per heavy atom. The van der Waals surface area contributed by atoms with Crippen molar-refractivity contribution in [2.24, 2.45) is 0 Å². The number of halogens is 2. The zero-order valence-corrected chi connectivity index (χ0v) is 16.5. The van der Waals surface area contributed by atoms with Gasteiger partial charge in [-0.2, -0.15) is 0 Å². The van der Waals surface area contributed by atoms with E-state index in [1.54, 1.807) is 12.1 Å². The molecule has 4 rings (SSSR count). The average molecular weight is 403 g/mol. The SMILES string of the molecule is CCOc1cc(Cl)c(Cl)c2cc(-c3nc4cc(C)c(C)cc4[nH]3)c(=O)oc12. The van der Waals surface area contributed by atoms with Crippen molar-refractivity contribution in [3.05, 3.63) is 55.9 Å². The van der Waals surface area contributed by atoms with Crippen LogP contribution < -0.4 is 10.4 Å². The molecule has 0 atom stereocenters. The second-order valence-corrected chi connectivity index (χ2v) is 7.12. The molecule has 27 heavy (non-hydrogen) atoms. The van der Waals surface area contributed by atoms with Crippen LogP contribution >= 0.6 is 23.2 Å². The van der Waals surface area contributed by atoms with Crippen LogP contribution in [-0.4, -0.2) is 16.6 Å². The summed E-state index contributed by atoms with van der Waals surface area (Å²) < 4.78 is 11.1. The maximum absolute atomic E-state index is 12.6. The maximum atomic E-state index is 12.6. The number of aromatic nitrogens is 2. The Hall–Kier alpha value is -2.50. The van der Waals surface area contributed by atoms with Gasteiger partial charge in [-0.15, -0.1) is 0 Å². The van der Waals surface area contributed by atoms with Crippen LogP contribution in [0.25, 0.3) is 33.4 Å². The minimum Gasteiger partial charge on any atom is -0.490 e. The first-order chi connectivity index (χ1) is 12.9. The van der Waals surface area contributed by atoms with Crippen molar-refractivity contribution in [1.82, 2.24) is 9.97 Å². The number of nitrogens with zero attached hydrogens (tertiary/aromatic N) is 1. The number of rotatable bonds is 3. The summed E-state index contributed by atoms with van der Waals surface area (Å²) in [5.74, 6) is 0.793. The molecule has 5 nitrogen and oxygen atoms in total. The van der Waals surface area contributed by atoms with E-state index in [1.807, 2.05) is 32.9 Å². The molecule has 0 saturated heterocycles. The molecule has 0 bridgehead atoms. The summed E-state index contributed by atoms with van der Waals surface area (Å²) >= 11 is 12.6. The van der Waals surface area contributed by atoms with Gasteiger partial charge in [0.05, 0.1) is 27.7 Å². The molecule has 0 saturated carbocycles. The number of hydrogen-bond donors (Lipinski definition) is 1. The van der Waals surface area contributed by atoms with Crippen molar-refractivity contribution in [2.45, 2.75) is 20.8 Å². The third kappa shape index (κ3) is 2.97. The fourth-order valence-electron chi connectivity index (χ4n) is 3.02. The highest BCUT2D eigenvalue weighted by molar-refractivity contribution is 6.45. The first-order valence-corrected chi connectivity index (χ1v) is 9.20. The summed E-state index contributed by atoms with van der Waals surface area (Å²) in [6.07, 6.45) is 0. The fourth-order valence-corrected chi connectivity index (χ4v) is 3.41. The number of H-pyrrole nitrogens is 1. The summed E-state index contributed by atoms with van der Waals surface area (Å²) in [5, 5.41) is 1.11. The van der Waals surface area contributed by atoms with E-state index >= 15 is 0 Å². The van der Waals surface area contributed by atoms with E-state index in [9.17, 15) is 4.79 Å². The van der Waals surface area contributed by atoms with Crippen molar-refractivity contribution in [3.8, 4) is 17.1 Å². The van der Waals surface area contributed by atoms with Crippen LogP contribution in [0.2, 0.25) is 10.0 Å². The van der Waals surface area contributed by atoms with Gasteiger partial charge in [0.25, 0.3) is 0 Å². The summed E-state index contributed by atoms with van der Waals surface area (Å²) in [5.41, 5.74) is 3.90. The molecule has 0 aliphatic heterocycles. The average Bonchev–Trinajstić information content (AvgIpc) is 3.02. The monoisotopic (exact) mass is 402 g/mol. The first-order valence-electron chi connectivity index (χ1n) is 8.45. The Balaban J connectivity index is 1.99. The van der Waals surface area contributed by atoms with E-state index in [-0.39, 0.29) is 11.1 Å². The molecule has 2 aromatic heterocycles. The molecule has 0 spiro atoms. The van der Waals surface area contributed by atoms with Gasteiger partial charge in [-0.3, -0.25) is 0 Å². The lowest BCUT2D eigenvalue weighted by atomic mass is 10.1. The number of hydrogen-bond acceptors (Lipinski definition) is 4. The van der Waals surface area contributed by atoms with Crippen molar-refractivity contribution in [3.63, 3.8) is 0 Å². The number of ether oxygens (including phenoxy) is 1. The summed E-state index contributed by atoms with van der Waals surface area (Å²) in [4.78, 5) is 20.4. The Morgan fingerprint density at radius 3 is 2.63 bits per heavy atom. The Morgan fingerprint density at radius 1 is 1.15 bits per heavy atom. The van der Waals surface area contributed by atoms with Crippen LogP contribution in [0, 0.1) is 13.8 Å². The van der Waals surface area contributed by atoms with Crippen LogP contribution in [0.15, 0.2) is 33.5 Å². The van der Waals surface area contributed by atoms with Crippen molar-refractivity contribution < 1.29 is 9.15 Å². The second-order valence-electron chi connectivity index (χ2n) is 6.33. The number of imidazole rings is 1. The molecule has 0 fully saturated rings. The highest BCUT2D eigenvalue weighted by Crippen LogP contribution is 2.38. The van der Waals surface area contributed by atoms with Gasteiger partial charge in [0, 0.05) is 11.5 Å². The molecular weight excluding hydrogens is 387 g/mol. The first kappa shape index (κ1) is 17.9. The lowest BCUT2D eigenvalue weighted by Crippen LogP contribution is -2.05. The smallest absolute Gasteiger partial charge is 0.347 e. The molecule has 2 heterocycles. The van der Waals surface area contributed by atoms with Gasteiger partial charge in [0.2, 0.25) is 0 Å². The lowest BCUT2D eigenvalue weighted by Gasteiger charge is -2.09. The molecule has 0 aliphatic rings. The van der Waals surface area contributed by atoms with Crippen LogP contribution in [0.1, 0.15) is 18.1 Å². The van der Waals surface area contributed by atoms with Crippen LogP contribution in [0.4, 0.5) is 0 Å². The zero-order valence-electron chi connectivity index (χ0n) is 14.9. The van der Waals surface area contributed by atoms with E-state index < -0.39 is 5.63 Å². The molecule has 1 N–H and O–H groups in total. The molecule has 0 radical (unpaired) electrons. The van der Waals surface area contributed by atoms with Gasteiger partial charge in [-0.25, -0.2) is 9.78 Å². The van der Waals surface area contributed by atoms with Crippen molar-refractivity contribution >= 4 is 45.2 Å². The normalized spacial score (nSPS) is 11.4. The van der Waals surface area contributed by atoms with Gasteiger partial charge >= 0.3 is 5.63 Å². The second kappa shape index (κ2) is 6.59. The summed E-state index contributed by atoms with van der Waals surface area (Å²) in [6.45, 7) is 6.28. The van der Waals surface area contributed by atoms with Gasteiger partial charge in [0.15, 0.2) is 11.3 Å². The molecule has 0 aliphatic carbocycles. The third-order valence-corrected chi connectivity index (χ3v) is 5.33. The van der Waals surface area contributed by atoms with E-state index in [4.69, 9.17) is 32.4 Å². The topological polar surface area (TPSA) is 68.1 Å². The predicted molar refractivity (Wildman–Crippen MR) is 108 cm³/mol. The minimum absolute atomic E-state index is 0.266. The van der Waals surface area contributed by atoms with Gasteiger partial charge < -0.3 is 14.1 Å². The Bertz CT molecular complexity index is 1220. The summed E-state index contributed by atoms with van der Waals surface area (Å²) in [7, 11) is 0. The zero-order chi connectivity index (χ0) is 19.3. The minimum atomic E-state index is -0.533. The van der Waals surface area contributed by atoms with Crippen molar-refractivity contribution in [2.75, 3.05) is 6.61 Å². The third-order valence-electron chi connectivity index (χ3n) is 4.53. The maximum Gasteiger partial charge on any atom is 0.347 e. The largest absolute Gasteiger partial charge is 0.490 e. The Kier molecular flexibility index (Phi) is 4.36. The molecule has 138 valence electrons. The highest BCUT2D eigenvalue weighted by atomic mass is 35.5. The Labute approximate surface area is 164 Å². The quantitative estimate of drug-likeness (QED) is 0.449. The van der Waals surface area contributed by atoms with Gasteiger partial charge in [0.1, 0.15) is 11.4 Å². The predicted octanol–water partition coefficient (Wildman–Crippen LogP) is 5.66. The number of aryl methyl sites for hydroxylation is 2. The highest BCUT2D eigenvalue weighted by Gasteiger charge is 2.18. The number of benzene rings is 2. The van der Waals surface area contributed by atoms with E-state index in [2.05, 4.69) is 9.97 Å². The van der Waals surface area contributed by atoms with Crippen molar-refractivity contribution in [1.29, 1.82) is 0 Å². The van der Waals surface area contributed by atoms with Crippen LogP contribution in [0.5, 0.6) is 5.75 Å². The lowest BCUT2D eigenvalue weighted by molar-refractivity contribution is 0.337. The number of aromatic amines is 1. The van der Waals surface area contributed by atoms with E-state index in [0.29, 0.717) is 33.6 Å². The van der Waals surface area contributed by atoms with E-state index in [1.165, 1.54) is 0 Å². The molecule has 0 amide bonds. The van der Waals surface area contributed by atoms with Gasteiger partial charge in [-0.05, 0) is 50.1 Å². The van der Waals surface area contributed by atoms with Crippen LogP contribution in [0.3, 0.4) is 0 Å². The molecule has 0 unspecified atom stereocenters. The standard InChI is InChI=1S/C20H16Cl2N2O3/c1-4-26-16-8-13(21)17(22)11-7-12(20(25)27-18(11)16)19-23-14-5-9(2)10(3)6-15(14)24-19/h5-8H,4H2,1-3H3,(H,23,24). The molecule has 2 aromatic carbocycles. The number of fused-ring (bicyclic) bond motifs is 2. The molecule has 7 heteroatoms. The van der Waals surface area contributed by atoms with Gasteiger partial charge in [-0.1, -0.05) is 23.2 Å². The molecule has 4 aromatic rings. The summed E-state index contributed by atoms with van der Waals surface area (Å²) in [6, 6.07) is 7.16.